The number of hydrogen-bond acceptors (Lipinski definition) is 4. The van der Waals surface area contributed by atoms with Crippen LogP contribution in [-0.4, -0.2) is 20.4 Å². The summed E-state index contributed by atoms with van der Waals surface area (Å²) in [4.78, 5) is 33.4. The fourth-order valence-corrected chi connectivity index (χ4v) is 3.35. The second kappa shape index (κ2) is 7.78. The van der Waals surface area contributed by atoms with Crippen LogP contribution in [-0.2, 0) is 11.3 Å². The minimum atomic E-state index is -0.130. The van der Waals surface area contributed by atoms with Gasteiger partial charge in [-0.1, -0.05) is 23.7 Å². The second-order valence-electron chi connectivity index (χ2n) is 6.41. The van der Waals surface area contributed by atoms with E-state index in [9.17, 15) is 9.59 Å². The Bertz CT molecular complexity index is 1240. The van der Waals surface area contributed by atoms with Gasteiger partial charge in [0.15, 0.2) is 0 Å². The van der Waals surface area contributed by atoms with Crippen LogP contribution >= 0.6 is 11.6 Å². The molecule has 4 aromatic rings. The summed E-state index contributed by atoms with van der Waals surface area (Å²) < 4.78 is 1.54. The predicted octanol–water partition coefficient (Wildman–Crippen LogP) is 4.02. The minimum Gasteiger partial charge on any atom is -0.325 e. The highest BCUT2D eigenvalue weighted by molar-refractivity contribution is 6.35. The first-order valence-corrected chi connectivity index (χ1v) is 9.28. The predicted molar refractivity (Wildman–Crippen MR) is 111 cm³/mol. The van der Waals surface area contributed by atoms with Gasteiger partial charge in [-0.15, -0.1) is 0 Å². The van der Waals surface area contributed by atoms with Gasteiger partial charge in [0.2, 0.25) is 5.91 Å². The van der Waals surface area contributed by atoms with E-state index in [1.54, 1.807) is 36.5 Å². The maximum Gasteiger partial charge on any atom is 0.261 e. The summed E-state index contributed by atoms with van der Waals surface area (Å²) in [6.07, 6.45) is 4.00. The van der Waals surface area contributed by atoms with Crippen LogP contribution in [0.4, 0.5) is 5.69 Å². The molecule has 0 bridgehead atoms. The van der Waals surface area contributed by atoms with Gasteiger partial charge in [0, 0.05) is 24.5 Å². The fraction of sp³-hybridized carbons (Fsp3) is 0.143. The maximum atomic E-state index is 12.5. The lowest BCUT2D eigenvalue weighted by Gasteiger charge is -2.10. The SMILES string of the molecule is O=C(CCCn1cnc2ccccc2c1=O)Nc1ccc(Cl)c2ncccc12. The molecule has 28 heavy (non-hydrogen) atoms. The molecule has 0 radical (unpaired) electrons. The van der Waals surface area contributed by atoms with Gasteiger partial charge in [0.1, 0.15) is 0 Å². The van der Waals surface area contributed by atoms with E-state index in [0.29, 0.717) is 40.1 Å². The highest BCUT2D eigenvalue weighted by Gasteiger charge is 2.09. The van der Waals surface area contributed by atoms with Gasteiger partial charge in [0.25, 0.3) is 5.56 Å². The van der Waals surface area contributed by atoms with Crippen LogP contribution in [0.2, 0.25) is 5.02 Å². The lowest BCUT2D eigenvalue weighted by atomic mass is 10.1. The largest absolute Gasteiger partial charge is 0.325 e. The number of pyridine rings is 1. The van der Waals surface area contributed by atoms with Gasteiger partial charge >= 0.3 is 0 Å². The first-order valence-electron chi connectivity index (χ1n) is 8.91. The molecule has 6 nitrogen and oxygen atoms in total. The molecule has 0 aliphatic rings. The number of aromatic nitrogens is 3. The van der Waals surface area contributed by atoms with Crippen molar-refractivity contribution >= 4 is 45.0 Å². The van der Waals surface area contributed by atoms with Gasteiger partial charge in [-0.2, -0.15) is 0 Å². The normalized spacial score (nSPS) is 11.0. The number of hydrogen-bond donors (Lipinski definition) is 1. The molecule has 7 heteroatoms. The molecule has 1 amide bonds. The Kier molecular flexibility index (Phi) is 5.04. The van der Waals surface area contributed by atoms with Crippen molar-refractivity contribution in [2.75, 3.05) is 5.32 Å². The first kappa shape index (κ1) is 18.1. The van der Waals surface area contributed by atoms with E-state index < -0.39 is 0 Å². The zero-order valence-corrected chi connectivity index (χ0v) is 15.7. The summed E-state index contributed by atoms with van der Waals surface area (Å²) in [6, 6.07) is 14.4. The molecule has 2 aromatic heterocycles. The summed E-state index contributed by atoms with van der Waals surface area (Å²) in [7, 11) is 0. The van der Waals surface area contributed by atoms with E-state index in [1.807, 2.05) is 18.2 Å². The molecule has 2 heterocycles. The second-order valence-corrected chi connectivity index (χ2v) is 6.81. The number of anilines is 1. The fourth-order valence-electron chi connectivity index (χ4n) is 3.14. The van der Waals surface area contributed by atoms with Gasteiger partial charge < -0.3 is 5.32 Å². The summed E-state index contributed by atoms with van der Waals surface area (Å²) in [6.45, 7) is 0.424. The number of rotatable bonds is 5. The number of halogens is 1. The molecule has 140 valence electrons. The van der Waals surface area contributed by atoms with Crippen molar-refractivity contribution < 1.29 is 4.79 Å². The molecule has 4 rings (SSSR count). The Balaban J connectivity index is 1.43. The molecular formula is C21H17ClN4O2. The summed E-state index contributed by atoms with van der Waals surface area (Å²) in [5, 5.41) is 4.81. The molecule has 0 saturated carbocycles. The van der Waals surface area contributed by atoms with E-state index in [4.69, 9.17) is 11.6 Å². The summed E-state index contributed by atoms with van der Waals surface area (Å²) >= 11 is 6.16. The van der Waals surface area contributed by atoms with Crippen LogP contribution in [0.5, 0.6) is 0 Å². The molecule has 2 aromatic carbocycles. The van der Waals surface area contributed by atoms with Crippen molar-refractivity contribution in [2.45, 2.75) is 19.4 Å². The summed E-state index contributed by atoms with van der Waals surface area (Å²) in [5.74, 6) is -0.130. The van der Waals surface area contributed by atoms with Crippen molar-refractivity contribution in [1.29, 1.82) is 0 Å². The third kappa shape index (κ3) is 3.59. The number of nitrogens with one attached hydrogen (secondary N) is 1. The van der Waals surface area contributed by atoms with Gasteiger partial charge in [0.05, 0.1) is 33.5 Å². The zero-order valence-electron chi connectivity index (χ0n) is 14.9. The Morgan fingerprint density at radius 1 is 1.04 bits per heavy atom. The standard InChI is InChI=1S/C21H17ClN4O2/c22-16-9-10-18(14-6-3-11-23-20(14)16)25-19(27)8-4-12-26-13-24-17-7-2-1-5-15(17)21(26)28/h1-3,5-7,9-11,13H,4,8,12H2,(H,25,27). The monoisotopic (exact) mass is 392 g/mol. The van der Waals surface area contributed by atoms with Crippen molar-refractivity contribution in [2.24, 2.45) is 0 Å². The molecule has 0 fully saturated rings. The third-order valence-electron chi connectivity index (χ3n) is 4.53. The van der Waals surface area contributed by atoms with E-state index in [2.05, 4.69) is 15.3 Å². The highest BCUT2D eigenvalue weighted by atomic mass is 35.5. The van der Waals surface area contributed by atoms with Gasteiger partial charge in [-0.25, -0.2) is 4.98 Å². The van der Waals surface area contributed by atoms with E-state index in [0.717, 1.165) is 5.39 Å². The van der Waals surface area contributed by atoms with Gasteiger partial charge in [-0.3, -0.25) is 19.1 Å². The minimum absolute atomic E-state index is 0.0965. The van der Waals surface area contributed by atoms with Crippen molar-refractivity contribution in [3.05, 3.63) is 76.4 Å². The number of benzene rings is 2. The quantitative estimate of drug-likeness (QED) is 0.556. The van der Waals surface area contributed by atoms with Crippen LogP contribution < -0.4 is 10.9 Å². The van der Waals surface area contributed by atoms with Crippen LogP contribution in [0, 0.1) is 0 Å². The molecular weight excluding hydrogens is 376 g/mol. The Labute approximate surface area is 165 Å². The molecule has 0 spiro atoms. The molecule has 0 unspecified atom stereocenters. The van der Waals surface area contributed by atoms with E-state index in [-0.39, 0.29) is 17.9 Å². The molecule has 0 atom stereocenters. The molecule has 0 aliphatic carbocycles. The van der Waals surface area contributed by atoms with Crippen LogP contribution in [0.3, 0.4) is 0 Å². The molecule has 0 aliphatic heterocycles. The van der Waals surface area contributed by atoms with Crippen LogP contribution in [0.1, 0.15) is 12.8 Å². The Morgan fingerprint density at radius 3 is 2.75 bits per heavy atom. The molecule has 0 saturated heterocycles. The number of aryl methyl sites for hydroxylation is 1. The average Bonchev–Trinajstić information content (AvgIpc) is 2.72. The summed E-state index contributed by atoms with van der Waals surface area (Å²) in [5.41, 5.74) is 1.89. The number of para-hydroxylation sites is 1. The Hall–Kier alpha value is -3.25. The van der Waals surface area contributed by atoms with Crippen molar-refractivity contribution in [1.82, 2.24) is 14.5 Å². The number of amides is 1. The maximum absolute atomic E-state index is 12.5. The molecule has 1 N–H and O–H groups in total. The number of fused-ring (bicyclic) bond motifs is 2. The number of carbonyl (C=O) groups excluding carboxylic acids is 1. The third-order valence-corrected chi connectivity index (χ3v) is 4.83. The number of nitrogens with zero attached hydrogens (tertiary/aromatic N) is 3. The lowest BCUT2D eigenvalue weighted by Crippen LogP contribution is -2.21. The van der Waals surface area contributed by atoms with E-state index in [1.165, 1.54) is 10.9 Å². The Morgan fingerprint density at radius 2 is 1.86 bits per heavy atom. The smallest absolute Gasteiger partial charge is 0.261 e. The van der Waals surface area contributed by atoms with Crippen molar-refractivity contribution in [3.8, 4) is 0 Å². The first-order chi connectivity index (χ1) is 13.6. The average molecular weight is 393 g/mol. The zero-order chi connectivity index (χ0) is 19.5. The number of carbonyl (C=O) groups is 1. The lowest BCUT2D eigenvalue weighted by molar-refractivity contribution is -0.116. The topological polar surface area (TPSA) is 76.9 Å². The van der Waals surface area contributed by atoms with Crippen LogP contribution in [0.25, 0.3) is 21.8 Å². The van der Waals surface area contributed by atoms with E-state index >= 15 is 0 Å². The van der Waals surface area contributed by atoms with Crippen LogP contribution in [0.15, 0.2) is 65.8 Å². The van der Waals surface area contributed by atoms with Gasteiger partial charge in [-0.05, 0) is 42.8 Å². The highest BCUT2D eigenvalue weighted by Crippen LogP contribution is 2.28. The van der Waals surface area contributed by atoms with Crippen molar-refractivity contribution in [3.63, 3.8) is 0 Å².